The van der Waals surface area contributed by atoms with Crippen LogP contribution in [0.15, 0.2) is 12.1 Å². The number of Topliss-reactive ketones (excluding diaryl/α,β-unsaturated/α-hetero) is 1. The smallest absolute Gasteiger partial charge is 0.364 e. The number of aromatic nitrogens is 1. The van der Waals surface area contributed by atoms with E-state index in [-0.39, 0.29) is 17.0 Å². The van der Waals surface area contributed by atoms with E-state index < -0.39 is 23.1 Å². The predicted molar refractivity (Wildman–Crippen MR) is 52.2 cm³/mol. The summed E-state index contributed by atoms with van der Waals surface area (Å²) in [6, 6.07) is 2.26. The van der Waals surface area contributed by atoms with Crippen LogP contribution in [0.2, 0.25) is 0 Å². The molecule has 84 valence electrons. The average molecular weight is 224 g/mol. The van der Waals surface area contributed by atoms with Crippen molar-refractivity contribution in [1.82, 2.24) is 4.98 Å². The van der Waals surface area contributed by atoms with Gasteiger partial charge in [-0.2, -0.15) is 0 Å². The summed E-state index contributed by atoms with van der Waals surface area (Å²) < 4.78 is 0. The fraction of sp³-hybridized carbons (Fsp3) is 0.222. The van der Waals surface area contributed by atoms with Crippen molar-refractivity contribution < 1.29 is 19.6 Å². The zero-order chi connectivity index (χ0) is 12.3. The fourth-order valence-corrected chi connectivity index (χ4v) is 1.11. The zero-order valence-corrected chi connectivity index (χ0v) is 8.34. The molecule has 0 aliphatic rings. The van der Waals surface area contributed by atoms with Gasteiger partial charge in [-0.05, 0) is 22.9 Å². The molecule has 0 unspecified atom stereocenters. The Labute approximate surface area is 89.9 Å². The molecule has 0 bridgehead atoms. The molecule has 7 heteroatoms. The number of carboxylic acids is 1. The van der Waals surface area contributed by atoms with Gasteiger partial charge < -0.3 is 15.2 Å². The highest BCUT2D eigenvalue weighted by Crippen LogP contribution is 2.13. The second-order valence-electron chi connectivity index (χ2n) is 3.09. The van der Waals surface area contributed by atoms with Gasteiger partial charge in [0.2, 0.25) is 0 Å². The molecule has 1 N–H and O–H groups in total. The quantitative estimate of drug-likeness (QED) is 0.460. The van der Waals surface area contributed by atoms with Gasteiger partial charge >= 0.3 is 11.8 Å². The number of nitro groups is 1. The van der Waals surface area contributed by atoms with Crippen molar-refractivity contribution in [3.63, 3.8) is 0 Å². The van der Waals surface area contributed by atoms with E-state index in [4.69, 9.17) is 5.11 Å². The first-order valence-electron chi connectivity index (χ1n) is 4.28. The van der Waals surface area contributed by atoms with E-state index in [9.17, 15) is 19.7 Å². The summed E-state index contributed by atoms with van der Waals surface area (Å²) in [5.74, 6) is -2.07. The molecule has 0 saturated heterocycles. The number of ketones is 1. The van der Waals surface area contributed by atoms with Crippen LogP contribution >= 0.6 is 0 Å². The van der Waals surface area contributed by atoms with E-state index in [0.29, 0.717) is 0 Å². The van der Waals surface area contributed by atoms with Crippen molar-refractivity contribution in [2.75, 3.05) is 0 Å². The number of carboxylic acid groups (broad SMARTS) is 1. The van der Waals surface area contributed by atoms with Crippen LogP contribution in [0.25, 0.3) is 0 Å². The highest BCUT2D eigenvalue weighted by molar-refractivity contribution is 5.94. The third-order valence-electron chi connectivity index (χ3n) is 1.79. The lowest BCUT2D eigenvalue weighted by molar-refractivity contribution is -0.389. The summed E-state index contributed by atoms with van der Waals surface area (Å²) in [6.45, 7) is 1.24. The summed E-state index contributed by atoms with van der Waals surface area (Å²) in [6.07, 6.45) is -0.456. The lowest BCUT2D eigenvalue weighted by atomic mass is 10.1. The Morgan fingerprint density at radius 3 is 2.56 bits per heavy atom. The number of carbonyl (C=O) groups excluding carboxylic acids is 1. The van der Waals surface area contributed by atoms with Crippen molar-refractivity contribution >= 4 is 17.6 Å². The molecule has 0 amide bonds. The molecule has 0 fully saturated rings. The minimum Gasteiger partial charge on any atom is -0.481 e. The van der Waals surface area contributed by atoms with E-state index in [1.54, 1.807) is 0 Å². The van der Waals surface area contributed by atoms with Crippen LogP contribution in [0.3, 0.4) is 0 Å². The van der Waals surface area contributed by atoms with Gasteiger partial charge in [0, 0.05) is 11.6 Å². The molecule has 0 radical (unpaired) electrons. The first-order valence-corrected chi connectivity index (χ1v) is 4.28. The van der Waals surface area contributed by atoms with Crippen molar-refractivity contribution in [3.05, 3.63) is 33.5 Å². The number of hydrogen-bond donors (Lipinski definition) is 1. The molecule has 0 atom stereocenters. The van der Waals surface area contributed by atoms with Gasteiger partial charge in [-0.3, -0.25) is 9.59 Å². The van der Waals surface area contributed by atoms with Gasteiger partial charge in [0.1, 0.15) is 6.42 Å². The number of rotatable bonds is 4. The molecule has 0 aliphatic carbocycles. The lowest BCUT2D eigenvalue weighted by Gasteiger charge is -1.98. The maximum atomic E-state index is 11.1. The summed E-state index contributed by atoms with van der Waals surface area (Å²) in [5.41, 5.74) is 0.0739. The summed E-state index contributed by atoms with van der Waals surface area (Å²) >= 11 is 0. The number of carbonyl (C=O) groups is 2. The Balaban J connectivity index is 3.23. The Hall–Kier alpha value is -2.31. The third kappa shape index (κ3) is 2.84. The van der Waals surface area contributed by atoms with Gasteiger partial charge in [0.25, 0.3) is 0 Å². The number of hydrogen-bond acceptors (Lipinski definition) is 5. The van der Waals surface area contributed by atoms with E-state index in [1.807, 2.05) is 0 Å². The molecule has 1 aromatic rings. The Morgan fingerprint density at radius 1 is 1.50 bits per heavy atom. The van der Waals surface area contributed by atoms with Crippen LogP contribution in [-0.2, 0) is 11.2 Å². The van der Waals surface area contributed by atoms with E-state index in [0.717, 1.165) is 6.07 Å². The molecule has 0 spiro atoms. The van der Waals surface area contributed by atoms with Gasteiger partial charge in [0.15, 0.2) is 11.5 Å². The lowest BCUT2D eigenvalue weighted by Crippen LogP contribution is -2.06. The summed E-state index contributed by atoms with van der Waals surface area (Å²) in [5, 5.41) is 19.0. The second-order valence-corrected chi connectivity index (χ2v) is 3.09. The van der Waals surface area contributed by atoms with Crippen LogP contribution in [0.4, 0.5) is 5.82 Å². The maximum absolute atomic E-state index is 11.1. The largest absolute Gasteiger partial charge is 0.481 e. The number of pyridine rings is 1. The van der Waals surface area contributed by atoms with Crippen molar-refractivity contribution in [2.24, 2.45) is 0 Å². The molecule has 1 heterocycles. The SMILES string of the molecule is CC(=O)c1cc(CC(=O)O)nc([N+](=O)[O-])c1. The first-order chi connectivity index (χ1) is 7.40. The van der Waals surface area contributed by atoms with Crippen molar-refractivity contribution in [3.8, 4) is 0 Å². The summed E-state index contributed by atoms with van der Waals surface area (Å²) in [7, 11) is 0. The van der Waals surface area contributed by atoms with E-state index in [1.165, 1.54) is 13.0 Å². The predicted octanol–water partition coefficient (Wildman–Crippen LogP) is 0.819. The monoisotopic (exact) mass is 224 g/mol. The molecule has 1 rings (SSSR count). The number of aliphatic carboxylic acids is 1. The van der Waals surface area contributed by atoms with Gasteiger partial charge in [0.05, 0.1) is 0 Å². The van der Waals surface area contributed by atoms with Crippen molar-refractivity contribution in [2.45, 2.75) is 13.3 Å². The molecular weight excluding hydrogens is 216 g/mol. The van der Waals surface area contributed by atoms with Crippen LogP contribution < -0.4 is 0 Å². The normalized spacial score (nSPS) is 9.81. The molecule has 0 aliphatic heterocycles. The van der Waals surface area contributed by atoms with Crippen LogP contribution in [0, 0.1) is 10.1 Å². The Bertz CT molecular complexity index is 437. The average Bonchev–Trinajstić information content (AvgIpc) is 2.15. The first kappa shape index (κ1) is 11.8. The van der Waals surface area contributed by atoms with Gasteiger partial charge in [-0.15, -0.1) is 0 Å². The zero-order valence-electron chi connectivity index (χ0n) is 8.34. The van der Waals surface area contributed by atoms with Gasteiger partial charge in [-0.25, -0.2) is 0 Å². The molecule has 1 aromatic heterocycles. The highest BCUT2D eigenvalue weighted by Gasteiger charge is 2.17. The maximum Gasteiger partial charge on any atom is 0.364 e. The topological polar surface area (TPSA) is 110 Å². The Morgan fingerprint density at radius 2 is 2.12 bits per heavy atom. The highest BCUT2D eigenvalue weighted by atomic mass is 16.6. The number of nitrogens with zero attached hydrogens (tertiary/aromatic N) is 2. The summed E-state index contributed by atoms with van der Waals surface area (Å²) in [4.78, 5) is 34.8. The van der Waals surface area contributed by atoms with E-state index in [2.05, 4.69) is 4.98 Å². The standard InChI is InChI=1S/C9H8N2O5/c1-5(12)6-2-7(4-9(13)14)10-8(3-6)11(15)16/h2-3H,4H2,1H3,(H,13,14). The molecular formula is C9H8N2O5. The molecule has 16 heavy (non-hydrogen) atoms. The minimum atomic E-state index is -1.16. The molecule has 0 aromatic carbocycles. The van der Waals surface area contributed by atoms with Crippen LogP contribution in [0.5, 0.6) is 0 Å². The Kier molecular flexibility index (Phi) is 3.29. The van der Waals surface area contributed by atoms with Gasteiger partial charge in [-0.1, -0.05) is 0 Å². The fourth-order valence-electron chi connectivity index (χ4n) is 1.11. The molecule has 7 nitrogen and oxygen atoms in total. The third-order valence-corrected chi connectivity index (χ3v) is 1.79. The van der Waals surface area contributed by atoms with Crippen molar-refractivity contribution in [1.29, 1.82) is 0 Å². The van der Waals surface area contributed by atoms with Crippen LogP contribution in [0.1, 0.15) is 23.0 Å². The van der Waals surface area contributed by atoms with E-state index >= 15 is 0 Å². The second kappa shape index (κ2) is 4.47. The minimum absolute atomic E-state index is 0.00750. The molecule has 0 saturated carbocycles. The van der Waals surface area contributed by atoms with Crippen LogP contribution in [-0.4, -0.2) is 26.8 Å².